The first-order valence-electron chi connectivity index (χ1n) is 9.81. The predicted octanol–water partition coefficient (Wildman–Crippen LogP) is 4.12. The van der Waals surface area contributed by atoms with Crippen LogP contribution in [0.15, 0.2) is 71.7 Å². The number of hydrogen-bond donors (Lipinski definition) is 1. The Morgan fingerprint density at radius 3 is 2.60 bits per heavy atom. The molecule has 6 heteroatoms. The zero-order valence-electron chi connectivity index (χ0n) is 17.0. The standard InChI is InChI=1S/C24H24N2O4/c1-24(2)15-29-20-12-17(8-10-19(20)22(24)30-23(25)28)18-9-11-21(27)26(14-18)13-16-6-4-3-5-7-16/h3-12,14,22H,13,15H2,1-2H3,(H2,25,28). The first-order chi connectivity index (χ1) is 14.3. The Balaban J connectivity index is 1.68. The average Bonchev–Trinajstić information content (AvgIpc) is 2.72. The number of primary amides is 1. The average molecular weight is 404 g/mol. The number of carbonyl (C=O) groups is 1. The molecule has 154 valence electrons. The molecule has 0 bridgehead atoms. The van der Waals surface area contributed by atoms with E-state index in [1.54, 1.807) is 16.7 Å². The van der Waals surface area contributed by atoms with Crippen molar-refractivity contribution in [2.45, 2.75) is 26.5 Å². The van der Waals surface area contributed by atoms with E-state index in [4.69, 9.17) is 15.2 Å². The fraction of sp³-hybridized carbons (Fsp3) is 0.250. The minimum Gasteiger partial charge on any atom is -0.492 e. The molecule has 2 N–H and O–H groups in total. The molecule has 1 atom stereocenters. The van der Waals surface area contributed by atoms with Crippen molar-refractivity contribution in [1.82, 2.24) is 4.57 Å². The number of amides is 1. The SMILES string of the molecule is CC1(C)COc2cc(-c3ccc(=O)n(Cc4ccccc4)c3)ccc2C1OC(N)=O. The van der Waals surface area contributed by atoms with Crippen LogP contribution < -0.4 is 16.0 Å². The highest BCUT2D eigenvalue weighted by Gasteiger charge is 2.40. The monoisotopic (exact) mass is 404 g/mol. The first-order valence-corrected chi connectivity index (χ1v) is 9.81. The van der Waals surface area contributed by atoms with Crippen LogP contribution in [0.25, 0.3) is 11.1 Å². The van der Waals surface area contributed by atoms with E-state index in [1.807, 2.05) is 68.6 Å². The fourth-order valence-electron chi connectivity index (χ4n) is 3.76. The summed E-state index contributed by atoms with van der Waals surface area (Å²) in [5, 5.41) is 0. The van der Waals surface area contributed by atoms with Gasteiger partial charge in [-0.1, -0.05) is 56.3 Å². The van der Waals surface area contributed by atoms with E-state index >= 15 is 0 Å². The van der Waals surface area contributed by atoms with Crippen molar-refractivity contribution in [3.63, 3.8) is 0 Å². The summed E-state index contributed by atoms with van der Waals surface area (Å²) >= 11 is 0. The van der Waals surface area contributed by atoms with Gasteiger partial charge in [-0.25, -0.2) is 4.79 Å². The van der Waals surface area contributed by atoms with Crippen molar-refractivity contribution >= 4 is 6.09 Å². The molecule has 0 spiro atoms. The van der Waals surface area contributed by atoms with Gasteiger partial charge in [-0.05, 0) is 28.8 Å². The van der Waals surface area contributed by atoms with Crippen LogP contribution in [0.4, 0.5) is 4.79 Å². The number of pyridine rings is 1. The van der Waals surface area contributed by atoms with Crippen molar-refractivity contribution in [3.8, 4) is 16.9 Å². The number of benzene rings is 2. The molecule has 0 aliphatic carbocycles. The van der Waals surface area contributed by atoms with Crippen LogP contribution in [0.3, 0.4) is 0 Å². The molecular weight excluding hydrogens is 380 g/mol. The predicted molar refractivity (Wildman–Crippen MR) is 114 cm³/mol. The number of carbonyl (C=O) groups excluding carboxylic acids is 1. The van der Waals surface area contributed by atoms with Crippen molar-refractivity contribution in [2.24, 2.45) is 11.1 Å². The second kappa shape index (κ2) is 7.71. The quantitative estimate of drug-likeness (QED) is 0.709. The number of rotatable bonds is 4. The molecule has 1 aromatic heterocycles. The van der Waals surface area contributed by atoms with Crippen molar-refractivity contribution in [3.05, 3.63) is 88.3 Å². The van der Waals surface area contributed by atoms with Gasteiger partial charge < -0.3 is 19.8 Å². The molecule has 3 aromatic rings. The van der Waals surface area contributed by atoms with E-state index in [2.05, 4.69) is 0 Å². The van der Waals surface area contributed by atoms with Gasteiger partial charge in [-0.15, -0.1) is 0 Å². The maximum atomic E-state index is 12.3. The number of nitrogens with two attached hydrogens (primary N) is 1. The molecule has 0 fully saturated rings. The Kier molecular flexibility index (Phi) is 5.08. The van der Waals surface area contributed by atoms with Crippen LogP contribution in [-0.2, 0) is 11.3 Å². The third-order valence-corrected chi connectivity index (χ3v) is 5.35. The van der Waals surface area contributed by atoms with Crippen molar-refractivity contribution in [2.75, 3.05) is 6.61 Å². The van der Waals surface area contributed by atoms with Gasteiger partial charge in [0.05, 0.1) is 13.2 Å². The molecule has 0 saturated carbocycles. The summed E-state index contributed by atoms with van der Waals surface area (Å²) in [4.78, 5) is 23.7. The molecule has 6 nitrogen and oxygen atoms in total. The van der Waals surface area contributed by atoms with Gasteiger partial charge in [0, 0.05) is 23.2 Å². The van der Waals surface area contributed by atoms with Gasteiger partial charge in [-0.3, -0.25) is 4.79 Å². The lowest BCUT2D eigenvalue weighted by Gasteiger charge is -2.38. The lowest BCUT2D eigenvalue weighted by Crippen LogP contribution is -2.37. The number of ether oxygens (including phenoxy) is 2. The van der Waals surface area contributed by atoms with Crippen LogP contribution in [0, 0.1) is 5.41 Å². The normalized spacial score (nSPS) is 16.9. The van der Waals surface area contributed by atoms with E-state index < -0.39 is 17.6 Å². The topological polar surface area (TPSA) is 83.6 Å². The highest BCUT2D eigenvalue weighted by Crippen LogP contribution is 2.46. The first kappa shape index (κ1) is 19.8. The van der Waals surface area contributed by atoms with Gasteiger partial charge in [0.25, 0.3) is 5.56 Å². The van der Waals surface area contributed by atoms with Gasteiger partial charge in [0.2, 0.25) is 0 Å². The Morgan fingerprint density at radius 2 is 1.87 bits per heavy atom. The maximum Gasteiger partial charge on any atom is 0.405 e. The Morgan fingerprint density at radius 1 is 1.13 bits per heavy atom. The fourth-order valence-corrected chi connectivity index (χ4v) is 3.76. The summed E-state index contributed by atoms with van der Waals surface area (Å²) in [6.07, 6.45) is 0.555. The summed E-state index contributed by atoms with van der Waals surface area (Å²) < 4.78 is 13.0. The van der Waals surface area contributed by atoms with Crippen LogP contribution in [-0.4, -0.2) is 17.3 Å². The summed E-state index contributed by atoms with van der Waals surface area (Å²) in [5.41, 5.74) is 8.47. The van der Waals surface area contributed by atoms with Crippen LogP contribution in [0.5, 0.6) is 5.75 Å². The van der Waals surface area contributed by atoms with Gasteiger partial charge in [0.15, 0.2) is 0 Å². The molecule has 1 amide bonds. The summed E-state index contributed by atoms with van der Waals surface area (Å²) in [7, 11) is 0. The Bertz CT molecular complexity index is 1140. The minimum absolute atomic E-state index is 0.0616. The Labute approximate surface area is 174 Å². The summed E-state index contributed by atoms with van der Waals surface area (Å²) in [6, 6.07) is 19.0. The molecule has 1 unspecified atom stereocenters. The van der Waals surface area contributed by atoms with E-state index in [0.29, 0.717) is 18.9 Å². The molecule has 0 saturated heterocycles. The molecule has 1 aliphatic heterocycles. The van der Waals surface area contributed by atoms with E-state index in [0.717, 1.165) is 22.3 Å². The van der Waals surface area contributed by atoms with E-state index in [1.165, 1.54) is 0 Å². The molecule has 2 aromatic carbocycles. The smallest absolute Gasteiger partial charge is 0.405 e. The maximum absolute atomic E-state index is 12.3. The van der Waals surface area contributed by atoms with Crippen LogP contribution >= 0.6 is 0 Å². The van der Waals surface area contributed by atoms with Crippen molar-refractivity contribution < 1.29 is 14.3 Å². The lowest BCUT2D eigenvalue weighted by atomic mass is 9.80. The molecule has 4 rings (SSSR count). The molecular formula is C24H24N2O4. The largest absolute Gasteiger partial charge is 0.492 e. The van der Waals surface area contributed by atoms with E-state index in [-0.39, 0.29) is 5.56 Å². The second-order valence-electron chi connectivity index (χ2n) is 8.22. The third kappa shape index (κ3) is 3.94. The highest BCUT2D eigenvalue weighted by atomic mass is 16.6. The van der Waals surface area contributed by atoms with Gasteiger partial charge in [0.1, 0.15) is 11.9 Å². The lowest BCUT2D eigenvalue weighted by molar-refractivity contribution is -0.0176. The molecule has 0 radical (unpaired) electrons. The number of hydrogen-bond acceptors (Lipinski definition) is 4. The number of aromatic nitrogens is 1. The van der Waals surface area contributed by atoms with E-state index in [9.17, 15) is 9.59 Å². The molecule has 30 heavy (non-hydrogen) atoms. The summed E-state index contributed by atoms with van der Waals surface area (Å²) in [6.45, 7) is 4.83. The number of fused-ring (bicyclic) bond motifs is 1. The van der Waals surface area contributed by atoms with Crippen LogP contribution in [0.2, 0.25) is 0 Å². The minimum atomic E-state index is -0.807. The van der Waals surface area contributed by atoms with Crippen LogP contribution in [0.1, 0.15) is 31.1 Å². The summed E-state index contributed by atoms with van der Waals surface area (Å²) in [5.74, 6) is 0.652. The number of nitrogens with zero attached hydrogens (tertiary/aromatic N) is 1. The Hall–Kier alpha value is -3.54. The highest BCUT2D eigenvalue weighted by molar-refractivity contribution is 5.67. The molecule has 2 heterocycles. The zero-order valence-corrected chi connectivity index (χ0v) is 17.0. The molecule has 1 aliphatic rings. The van der Waals surface area contributed by atoms with Gasteiger partial charge in [-0.2, -0.15) is 0 Å². The third-order valence-electron chi connectivity index (χ3n) is 5.35. The van der Waals surface area contributed by atoms with Gasteiger partial charge >= 0.3 is 6.09 Å². The zero-order chi connectivity index (χ0) is 21.3. The van der Waals surface area contributed by atoms with Crippen molar-refractivity contribution in [1.29, 1.82) is 0 Å². The second-order valence-corrected chi connectivity index (χ2v) is 8.22.